The van der Waals surface area contributed by atoms with Crippen molar-refractivity contribution >= 4 is 40.0 Å². The number of hydrogen-bond donors (Lipinski definition) is 0. The van der Waals surface area contributed by atoms with Crippen LogP contribution >= 0.6 is 12.2 Å². The number of thiocarbonyl (C=S) groups is 1. The Kier molecular flexibility index (Phi) is 7.30. The number of methoxy groups -OCH3 is 1. The van der Waals surface area contributed by atoms with Gasteiger partial charge in [-0.25, -0.2) is 0 Å². The Morgan fingerprint density at radius 2 is 1.74 bits per heavy atom. The molecule has 0 aromatic heterocycles. The summed E-state index contributed by atoms with van der Waals surface area (Å²) in [5.41, 5.74) is 0.815. The van der Waals surface area contributed by atoms with Crippen molar-refractivity contribution in [2.75, 3.05) is 13.7 Å². The quantitative estimate of drug-likeness (QED) is 0.517. The van der Waals surface area contributed by atoms with Crippen LogP contribution in [0, 0.1) is 5.92 Å². The van der Waals surface area contributed by atoms with Crippen LogP contribution in [0.1, 0.15) is 38.7 Å². The van der Waals surface area contributed by atoms with Crippen molar-refractivity contribution in [1.29, 1.82) is 0 Å². The Hall–Kier alpha value is -2.47. The maximum absolute atomic E-state index is 12.3. The fourth-order valence-electron chi connectivity index (χ4n) is 2.61. The predicted octanol–water partition coefficient (Wildman–Crippen LogP) is 4.41. The first kappa shape index (κ1) is 20.8. The minimum Gasteiger partial charge on any atom is -0.497 e. The molecule has 1 unspecified atom stereocenters. The van der Waals surface area contributed by atoms with Crippen LogP contribution in [0.3, 0.4) is 0 Å². The number of ether oxygens (including phenoxy) is 3. The number of carbonyl (C=O) groups excluding carboxylic acids is 2. The summed E-state index contributed by atoms with van der Waals surface area (Å²) < 4.78 is 15.6. The first-order valence-electron chi connectivity index (χ1n) is 8.84. The molecule has 6 heteroatoms. The van der Waals surface area contributed by atoms with Gasteiger partial charge in [0, 0.05) is 24.6 Å². The summed E-state index contributed by atoms with van der Waals surface area (Å²) in [5, 5.41) is 1.76. The molecule has 0 bridgehead atoms. The Morgan fingerprint density at radius 1 is 1.07 bits per heavy atom. The highest BCUT2D eigenvalue weighted by Gasteiger charge is 2.20. The molecule has 0 N–H and O–H groups in total. The zero-order valence-corrected chi connectivity index (χ0v) is 16.8. The van der Waals surface area contributed by atoms with Crippen molar-refractivity contribution in [2.24, 2.45) is 5.92 Å². The standard InChI is InChI=1S/C21H24O5S/c1-5-19(22)13(2)12-25-21(27)26-20(23)14(3)15-6-7-17-11-18(24-4)9-8-16(17)10-15/h6-11,13-14H,5,12H2,1-4H3/t13?,14-/m0/s1. The smallest absolute Gasteiger partial charge is 0.360 e. The van der Waals surface area contributed by atoms with Gasteiger partial charge < -0.3 is 14.2 Å². The van der Waals surface area contributed by atoms with Crippen LogP contribution in [0.4, 0.5) is 0 Å². The highest BCUT2D eigenvalue weighted by atomic mass is 32.1. The molecule has 0 fully saturated rings. The molecule has 2 aromatic carbocycles. The highest BCUT2D eigenvalue weighted by molar-refractivity contribution is 7.79. The van der Waals surface area contributed by atoms with Crippen LogP contribution in [0.2, 0.25) is 0 Å². The van der Waals surface area contributed by atoms with Gasteiger partial charge in [0.25, 0.3) is 0 Å². The molecule has 0 heterocycles. The fraction of sp³-hybridized carbons (Fsp3) is 0.381. The largest absolute Gasteiger partial charge is 0.497 e. The van der Waals surface area contributed by atoms with E-state index in [4.69, 9.17) is 26.4 Å². The monoisotopic (exact) mass is 388 g/mol. The summed E-state index contributed by atoms with van der Waals surface area (Å²) in [4.78, 5) is 23.9. The molecule has 27 heavy (non-hydrogen) atoms. The van der Waals surface area contributed by atoms with E-state index in [-0.39, 0.29) is 23.5 Å². The summed E-state index contributed by atoms with van der Waals surface area (Å²) in [7, 11) is 1.62. The first-order valence-corrected chi connectivity index (χ1v) is 9.25. The van der Waals surface area contributed by atoms with E-state index >= 15 is 0 Å². The Morgan fingerprint density at radius 3 is 2.41 bits per heavy atom. The van der Waals surface area contributed by atoms with Gasteiger partial charge in [0.1, 0.15) is 18.1 Å². The van der Waals surface area contributed by atoms with Crippen LogP contribution in [0.15, 0.2) is 36.4 Å². The van der Waals surface area contributed by atoms with Crippen molar-refractivity contribution < 1.29 is 23.8 Å². The number of ketones is 1. The van der Waals surface area contributed by atoms with Crippen LogP contribution in [-0.2, 0) is 19.1 Å². The zero-order valence-electron chi connectivity index (χ0n) is 16.0. The maximum atomic E-state index is 12.3. The third-order valence-corrected chi connectivity index (χ3v) is 4.66. The molecule has 2 atom stereocenters. The zero-order chi connectivity index (χ0) is 20.0. The first-order chi connectivity index (χ1) is 12.8. The van der Waals surface area contributed by atoms with E-state index in [2.05, 4.69) is 0 Å². The van der Waals surface area contributed by atoms with Gasteiger partial charge in [-0.2, -0.15) is 0 Å². The average molecular weight is 388 g/mol. The van der Waals surface area contributed by atoms with Crippen LogP contribution < -0.4 is 4.74 Å². The number of benzene rings is 2. The second-order valence-electron chi connectivity index (χ2n) is 6.40. The lowest BCUT2D eigenvalue weighted by molar-refractivity contribution is -0.138. The normalized spacial score (nSPS) is 12.9. The van der Waals surface area contributed by atoms with Gasteiger partial charge in [-0.1, -0.05) is 38.1 Å². The third-order valence-electron chi connectivity index (χ3n) is 4.46. The summed E-state index contributed by atoms with van der Waals surface area (Å²) >= 11 is 4.95. The second-order valence-corrected chi connectivity index (χ2v) is 6.73. The summed E-state index contributed by atoms with van der Waals surface area (Å²) in [6.07, 6.45) is 0.432. The molecular weight excluding hydrogens is 364 g/mol. The van der Waals surface area contributed by atoms with Crippen LogP contribution in [-0.4, -0.2) is 30.7 Å². The fourth-order valence-corrected chi connectivity index (χ4v) is 2.76. The van der Waals surface area contributed by atoms with Crippen molar-refractivity contribution in [1.82, 2.24) is 0 Å². The Bertz CT molecular complexity index is 846. The molecule has 0 radical (unpaired) electrons. The molecule has 0 spiro atoms. The van der Waals surface area contributed by atoms with Gasteiger partial charge in [-0.15, -0.1) is 0 Å². The van der Waals surface area contributed by atoms with Crippen LogP contribution in [0.5, 0.6) is 5.75 Å². The molecule has 2 rings (SSSR count). The van der Waals surface area contributed by atoms with Gasteiger partial charge >= 0.3 is 11.2 Å². The minimum absolute atomic E-state index is 0.0743. The summed E-state index contributed by atoms with van der Waals surface area (Å²) in [5.74, 6) is -0.442. The molecule has 0 aliphatic heterocycles. The van der Waals surface area contributed by atoms with E-state index in [1.165, 1.54) is 0 Å². The number of fused-ring (bicyclic) bond motifs is 1. The molecule has 0 aliphatic rings. The van der Waals surface area contributed by atoms with E-state index < -0.39 is 11.9 Å². The lowest BCUT2D eigenvalue weighted by atomic mass is 9.98. The second kappa shape index (κ2) is 9.46. The predicted molar refractivity (Wildman–Crippen MR) is 108 cm³/mol. The molecule has 0 saturated heterocycles. The summed E-state index contributed by atoms with van der Waals surface area (Å²) in [6, 6.07) is 11.5. The Balaban J connectivity index is 1.99. The number of carbonyl (C=O) groups is 2. The minimum atomic E-state index is -0.507. The van der Waals surface area contributed by atoms with Crippen molar-refractivity contribution in [2.45, 2.75) is 33.1 Å². The van der Waals surface area contributed by atoms with Gasteiger partial charge in [0.2, 0.25) is 0 Å². The van der Waals surface area contributed by atoms with Gasteiger partial charge in [0.05, 0.1) is 13.0 Å². The third kappa shape index (κ3) is 5.50. The van der Waals surface area contributed by atoms with E-state index in [0.29, 0.717) is 6.42 Å². The maximum Gasteiger partial charge on any atom is 0.360 e. The van der Waals surface area contributed by atoms with Gasteiger partial charge in [-0.3, -0.25) is 9.59 Å². The van der Waals surface area contributed by atoms with Gasteiger partial charge in [0.15, 0.2) is 0 Å². The van der Waals surface area contributed by atoms with E-state index in [1.807, 2.05) is 36.4 Å². The van der Waals surface area contributed by atoms with E-state index in [1.54, 1.807) is 27.9 Å². The highest BCUT2D eigenvalue weighted by Crippen LogP contribution is 2.25. The molecule has 0 aliphatic carbocycles. The van der Waals surface area contributed by atoms with Crippen molar-refractivity contribution in [3.05, 3.63) is 42.0 Å². The van der Waals surface area contributed by atoms with Crippen molar-refractivity contribution in [3.8, 4) is 5.75 Å². The SMILES string of the molecule is CCC(=O)C(C)COC(=S)OC(=O)[C@@H](C)c1ccc2cc(OC)ccc2c1. The topological polar surface area (TPSA) is 61.8 Å². The molecule has 144 valence electrons. The molecule has 0 saturated carbocycles. The number of hydrogen-bond acceptors (Lipinski definition) is 6. The Labute approximate surface area is 164 Å². The number of rotatable bonds is 7. The van der Waals surface area contributed by atoms with Crippen molar-refractivity contribution in [3.63, 3.8) is 0 Å². The molecule has 5 nitrogen and oxygen atoms in total. The lowest BCUT2D eigenvalue weighted by Gasteiger charge is -2.15. The molecular formula is C21H24O5S. The lowest BCUT2D eigenvalue weighted by Crippen LogP contribution is -2.22. The number of esters is 1. The number of Topliss-reactive ketones (excluding diaryl/α,β-unsaturated/α-hetero) is 1. The molecule has 2 aromatic rings. The van der Waals surface area contributed by atoms with E-state index in [9.17, 15) is 9.59 Å². The van der Waals surface area contributed by atoms with Gasteiger partial charge in [-0.05, 0) is 35.4 Å². The van der Waals surface area contributed by atoms with Crippen LogP contribution in [0.25, 0.3) is 10.8 Å². The summed E-state index contributed by atoms with van der Waals surface area (Å²) in [6.45, 7) is 5.39. The van der Waals surface area contributed by atoms with E-state index in [0.717, 1.165) is 22.1 Å². The average Bonchev–Trinajstić information content (AvgIpc) is 2.69. The molecule has 0 amide bonds.